The van der Waals surface area contributed by atoms with Crippen molar-refractivity contribution in [2.75, 3.05) is 24.5 Å². The van der Waals surface area contributed by atoms with Crippen LogP contribution in [0.5, 0.6) is 5.75 Å². The van der Waals surface area contributed by atoms with Crippen molar-refractivity contribution in [3.8, 4) is 5.75 Å². The van der Waals surface area contributed by atoms with Crippen molar-refractivity contribution in [2.45, 2.75) is 19.5 Å². The fourth-order valence-corrected chi connectivity index (χ4v) is 5.00. The molecular formula is C21H19F3N4O3S2. The van der Waals surface area contributed by atoms with Gasteiger partial charge in [-0.25, -0.2) is 4.98 Å². The third-order valence-electron chi connectivity index (χ3n) is 4.85. The zero-order valence-corrected chi connectivity index (χ0v) is 18.8. The number of para-hydroxylation sites is 1. The van der Waals surface area contributed by atoms with Gasteiger partial charge < -0.3 is 10.1 Å². The van der Waals surface area contributed by atoms with E-state index in [-0.39, 0.29) is 30.3 Å². The molecule has 1 aliphatic rings. The highest BCUT2D eigenvalue weighted by atomic mass is 32.1. The maximum absolute atomic E-state index is 12.6. The van der Waals surface area contributed by atoms with Crippen LogP contribution in [-0.2, 0) is 17.9 Å². The lowest BCUT2D eigenvalue weighted by Gasteiger charge is -2.32. The zero-order valence-electron chi connectivity index (χ0n) is 17.2. The van der Waals surface area contributed by atoms with Crippen LogP contribution in [0.15, 0.2) is 48.0 Å². The van der Waals surface area contributed by atoms with Crippen molar-refractivity contribution in [1.82, 2.24) is 15.2 Å². The summed E-state index contributed by atoms with van der Waals surface area (Å²) < 4.78 is 41.7. The van der Waals surface area contributed by atoms with Crippen molar-refractivity contribution in [2.24, 2.45) is 0 Å². The Labute approximate surface area is 195 Å². The standard InChI is InChI=1S/C21H19F3N4O3S2/c22-21(23,24)31-16-4-2-1-3-14(16)11-26-19(30)17-6-5-15(33-17)12-27-8-9-28(18(29)13-27)20-25-7-10-32-20/h1-7,10H,8-9,11-13H2,(H,26,30). The number of piperazine rings is 1. The number of hydrogen-bond donors (Lipinski definition) is 1. The molecule has 0 atom stereocenters. The summed E-state index contributed by atoms with van der Waals surface area (Å²) in [5.74, 6) is -0.762. The van der Waals surface area contributed by atoms with E-state index in [2.05, 4.69) is 15.0 Å². The van der Waals surface area contributed by atoms with E-state index in [0.717, 1.165) is 4.88 Å². The topological polar surface area (TPSA) is 74.8 Å². The van der Waals surface area contributed by atoms with Crippen LogP contribution in [0.25, 0.3) is 0 Å². The van der Waals surface area contributed by atoms with Crippen LogP contribution in [-0.4, -0.2) is 47.7 Å². The second-order valence-electron chi connectivity index (χ2n) is 7.17. The van der Waals surface area contributed by atoms with Gasteiger partial charge in [-0.15, -0.1) is 35.8 Å². The fraction of sp³-hybridized carbons (Fsp3) is 0.286. The van der Waals surface area contributed by atoms with E-state index in [1.165, 1.54) is 40.9 Å². The molecule has 174 valence electrons. The number of hydrogen-bond acceptors (Lipinski definition) is 7. The van der Waals surface area contributed by atoms with E-state index in [9.17, 15) is 22.8 Å². The van der Waals surface area contributed by atoms with Gasteiger partial charge in [-0.1, -0.05) is 18.2 Å². The van der Waals surface area contributed by atoms with Crippen LogP contribution in [0.4, 0.5) is 18.3 Å². The normalized spacial score (nSPS) is 15.0. The number of carbonyl (C=O) groups excluding carboxylic acids is 2. The second-order valence-corrected chi connectivity index (χ2v) is 9.22. The first-order valence-electron chi connectivity index (χ1n) is 9.91. The molecule has 33 heavy (non-hydrogen) atoms. The summed E-state index contributed by atoms with van der Waals surface area (Å²) in [4.78, 5) is 34.2. The van der Waals surface area contributed by atoms with Gasteiger partial charge in [0.25, 0.3) is 5.91 Å². The molecule has 1 aromatic carbocycles. The molecular weight excluding hydrogens is 477 g/mol. The summed E-state index contributed by atoms with van der Waals surface area (Å²) in [6.07, 6.45) is -3.14. The minimum absolute atomic E-state index is 0.0227. The van der Waals surface area contributed by atoms with Gasteiger partial charge in [0, 0.05) is 48.2 Å². The number of anilines is 1. The van der Waals surface area contributed by atoms with Gasteiger partial charge in [-0.3, -0.25) is 19.4 Å². The van der Waals surface area contributed by atoms with Crippen molar-refractivity contribution >= 4 is 39.6 Å². The van der Waals surface area contributed by atoms with Gasteiger partial charge in [-0.2, -0.15) is 0 Å². The van der Waals surface area contributed by atoms with Gasteiger partial charge in [-0.05, 0) is 18.2 Å². The van der Waals surface area contributed by atoms with Crippen LogP contribution in [0.2, 0.25) is 0 Å². The number of thiazole rings is 1. The molecule has 0 radical (unpaired) electrons. The van der Waals surface area contributed by atoms with Crippen LogP contribution in [0.1, 0.15) is 20.1 Å². The Balaban J connectivity index is 1.31. The predicted octanol–water partition coefficient (Wildman–Crippen LogP) is 3.88. The number of rotatable bonds is 7. The third kappa shape index (κ3) is 6.09. The smallest absolute Gasteiger partial charge is 0.405 e. The zero-order chi connectivity index (χ0) is 23.4. The quantitative estimate of drug-likeness (QED) is 0.538. The molecule has 2 aromatic heterocycles. The molecule has 3 aromatic rings. The molecule has 0 unspecified atom stereocenters. The van der Waals surface area contributed by atoms with Crippen LogP contribution < -0.4 is 15.0 Å². The highest BCUT2D eigenvalue weighted by Gasteiger charge is 2.32. The Kier molecular flexibility index (Phi) is 6.96. The third-order valence-corrected chi connectivity index (χ3v) is 6.72. The van der Waals surface area contributed by atoms with E-state index in [1.54, 1.807) is 23.2 Å². The molecule has 2 amide bonds. The maximum Gasteiger partial charge on any atom is 0.573 e. The molecule has 1 N–H and O–H groups in total. The van der Waals surface area contributed by atoms with Crippen molar-refractivity contribution in [3.05, 3.63) is 63.3 Å². The second kappa shape index (κ2) is 9.89. The van der Waals surface area contributed by atoms with Gasteiger partial charge in [0.05, 0.1) is 11.4 Å². The Bertz CT molecular complexity index is 1120. The molecule has 7 nitrogen and oxygen atoms in total. The summed E-state index contributed by atoms with van der Waals surface area (Å²) in [5.41, 5.74) is 0.219. The monoisotopic (exact) mass is 496 g/mol. The van der Waals surface area contributed by atoms with Crippen molar-refractivity contribution in [3.63, 3.8) is 0 Å². The highest BCUT2D eigenvalue weighted by molar-refractivity contribution is 7.14. The van der Waals surface area contributed by atoms with Crippen LogP contribution in [0, 0.1) is 0 Å². The van der Waals surface area contributed by atoms with Gasteiger partial charge >= 0.3 is 6.36 Å². The Morgan fingerprint density at radius 1 is 1.18 bits per heavy atom. The lowest BCUT2D eigenvalue weighted by Crippen LogP contribution is -2.50. The molecule has 1 saturated heterocycles. The van der Waals surface area contributed by atoms with E-state index in [1.807, 2.05) is 16.3 Å². The predicted molar refractivity (Wildman–Crippen MR) is 118 cm³/mol. The Hall–Kier alpha value is -2.96. The van der Waals surface area contributed by atoms with Gasteiger partial charge in [0.15, 0.2) is 5.13 Å². The number of thiophene rings is 1. The van der Waals surface area contributed by atoms with Crippen molar-refractivity contribution < 1.29 is 27.5 Å². The maximum atomic E-state index is 12.6. The summed E-state index contributed by atoms with van der Waals surface area (Å²) >= 11 is 2.70. The van der Waals surface area contributed by atoms with Gasteiger partial charge in [0.2, 0.25) is 5.91 Å². The van der Waals surface area contributed by atoms with E-state index in [4.69, 9.17) is 0 Å². The minimum atomic E-state index is -4.81. The molecule has 0 saturated carbocycles. The number of carbonyl (C=O) groups is 2. The Morgan fingerprint density at radius 2 is 2.00 bits per heavy atom. The lowest BCUT2D eigenvalue weighted by molar-refractivity contribution is -0.274. The summed E-state index contributed by atoms with van der Waals surface area (Å²) in [6.45, 7) is 1.91. The van der Waals surface area contributed by atoms with Crippen molar-refractivity contribution in [1.29, 1.82) is 0 Å². The first kappa shape index (κ1) is 23.2. The molecule has 3 heterocycles. The first-order chi connectivity index (χ1) is 15.8. The molecule has 0 spiro atoms. The van der Waals surface area contributed by atoms with Crippen LogP contribution in [0.3, 0.4) is 0 Å². The molecule has 12 heteroatoms. The lowest BCUT2D eigenvalue weighted by atomic mass is 10.2. The number of aromatic nitrogens is 1. The minimum Gasteiger partial charge on any atom is -0.405 e. The summed E-state index contributed by atoms with van der Waals surface area (Å²) in [6, 6.07) is 9.15. The average Bonchev–Trinajstić information content (AvgIpc) is 3.44. The number of halogens is 3. The molecule has 4 rings (SSSR count). The largest absolute Gasteiger partial charge is 0.573 e. The molecule has 1 fully saturated rings. The number of benzene rings is 1. The summed E-state index contributed by atoms with van der Waals surface area (Å²) in [5, 5.41) is 5.15. The molecule has 0 aliphatic carbocycles. The van der Waals surface area contributed by atoms with E-state index < -0.39 is 12.3 Å². The number of alkyl halides is 3. The number of nitrogens with zero attached hydrogens (tertiary/aromatic N) is 3. The summed E-state index contributed by atoms with van der Waals surface area (Å²) in [7, 11) is 0. The van der Waals surface area contributed by atoms with E-state index in [0.29, 0.717) is 29.6 Å². The SMILES string of the molecule is O=C(NCc1ccccc1OC(F)(F)F)c1ccc(CN2CCN(c3nccs3)C(=O)C2)s1. The molecule has 0 bridgehead atoms. The average molecular weight is 497 g/mol. The highest BCUT2D eigenvalue weighted by Crippen LogP contribution is 2.27. The van der Waals surface area contributed by atoms with E-state index >= 15 is 0 Å². The number of ether oxygens (including phenoxy) is 1. The number of amides is 2. The molecule has 1 aliphatic heterocycles. The van der Waals surface area contributed by atoms with Crippen LogP contribution >= 0.6 is 22.7 Å². The number of nitrogens with one attached hydrogen (secondary N) is 1. The van der Waals surface area contributed by atoms with Gasteiger partial charge in [0.1, 0.15) is 5.75 Å². The Morgan fingerprint density at radius 3 is 2.73 bits per heavy atom. The fourth-order valence-electron chi connectivity index (χ4n) is 3.35. The first-order valence-corrected chi connectivity index (χ1v) is 11.6.